The molecule has 2 nitrogen and oxygen atoms in total. The lowest BCUT2D eigenvalue weighted by Crippen LogP contribution is -2.37. The molecule has 0 aromatic carbocycles. The van der Waals surface area contributed by atoms with E-state index >= 15 is 0 Å². The monoisotopic (exact) mass is 160 g/mol. The Morgan fingerprint density at radius 3 is 2.33 bits per heavy atom. The van der Waals surface area contributed by atoms with Crippen molar-refractivity contribution in [1.29, 1.82) is 0 Å². The van der Waals surface area contributed by atoms with Gasteiger partial charge in [-0.15, -0.1) is 4.55 Å². The van der Waals surface area contributed by atoms with Crippen LogP contribution in [0.25, 0.3) is 0 Å². The Bertz CT molecular complexity index is 58.9. The van der Waals surface area contributed by atoms with Gasteiger partial charge in [0.25, 0.3) is 0 Å². The average Bonchev–Trinajstić information content (AvgIpc) is 1.91. The Morgan fingerprint density at radius 2 is 2.00 bits per heavy atom. The minimum atomic E-state index is -0.255. The van der Waals surface area contributed by atoms with Gasteiger partial charge in [0, 0.05) is 0 Å². The van der Waals surface area contributed by atoms with E-state index in [0.29, 0.717) is 6.17 Å². The zero-order valence-electron chi connectivity index (χ0n) is 6.08. The quantitative estimate of drug-likeness (QED) is 0.450. The van der Waals surface area contributed by atoms with E-state index in [1.54, 1.807) is 0 Å². The van der Waals surface area contributed by atoms with E-state index in [1.807, 2.05) is 14.1 Å². The van der Waals surface area contributed by atoms with Crippen molar-refractivity contribution in [3.8, 4) is 0 Å². The molecule has 0 aromatic heterocycles. The predicted molar refractivity (Wildman–Crippen MR) is 42.9 cm³/mol. The molecule has 0 bridgehead atoms. The van der Waals surface area contributed by atoms with Gasteiger partial charge in [-0.2, -0.15) is 0 Å². The maximum absolute atomic E-state index is 5.64. The molecule has 0 fully saturated rings. The van der Waals surface area contributed by atoms with Gasteiger partial charge in [0.15, 0.2) is 0 Å². The highest BCUT2D eigenvalue weighted by atomic mass is 35.5. The predicted octanol–water partition coefficient (Wildman–Crippen LogP) is 0.418. The van der Waals surface area contributed by atoms with Crippen molar-refractivity contribution in [3.63, 3.8) is 0 Å². The van der Waals surface area contributed by atoms with Crippen molar-refractivity contribution >= 4 is 28.3 Å². The van der Waals surface area contributed by atoms with Crippen LogP contribution < -0.4 is 10.6 Å². The van der Waals surface area contributed by atoms with Crippen molar-refractivity contribution in [3.05, 3.63) is 0 Å². The van der Waals surface area contributed by atoms with Gasteiger partial charge in [-0.05, 0) is 20.5 Å². The Kier molecular flexibility index (Phi) is 7.86. The van der Waals surface area contributed by atoms with Crippen molar-refractivity contribution in [2.24, 2.45) is 0 Å². The van der Waals surface area contributed by atoms with E-state index < -0.39 is 0 Å². The van der Waals surface area contributed by atoms with Crippen LogP contribution in [0.5, 0.6) is 0 Å². The van der Waals surface area contributed by atoms with Crippen LogP contribution in [-0.4, -0.2) is 39.5 Å². The summed E-state index contributed by atoms with van der Waals surface area (Å²) in [5.74, 6) is 0. The van der Waals surface area contributed by atoms with Crippen LogP contribution in [0.4, 0.5) is 0 Å². The second-order valence-corrected chi connectivity index (χ2v) is 4.18. The number of nitrogens with one attached hydrogen (secondary N) is 2. The number of halogens is 1. The molecule has 0 radical (unpaired) electrons. The summed E-state index contributed by atoms with van der Waals surface area (Å²) in [5, 5.41) is 6.28. The third kappa shape index (κ3) is 5.42. The number of hydrogen-bond acceptors (Lipinski definition) is 2. The number of hydrogen-bond donors (Lipinski definition) is 2. The van der Waals surface area contributed by atoms with Gasteiger partial charge in [-0.25, -0.2) is 0 Å². The van der Waals surface area contributed by atoms with Crippen LogP contribution in [-0.2, 0) is 0 Å². The fourth-order valence-corrected chi connectivity index (χ4v) is 1.74. The molecule has 4 heteroatoms. The van der Waals surface area contributed by atoms with E-state index in [1.165, 1.54) is 4.55 Å². The van der Waals surface area contributed by atoms with Crippen molar-refractivity contribution < 1.29 is 0 Å². The van der Waals surface area contributed by atoms with Crippen LogP contribution >= 0.6 is 9.07 Å². The average molecular weight is 161 g/mol. The van der Waals surface area contributed by atoms with Crippen molar-refractivity contribution in [1.82, 2.24) is 10.6 Å². The smallest absolute Gasteiger partial charge is 0.346 e. The topological polar surface area (TPSA) is 24.1 Å². The molecular formula is C5H13ClMgN2. The van der Waals surface area contributed by atoms with Crippen molar-refractivity contribution in [2.75, 3.05) is 14.1 Å². The highest BCUT2D eigenvalue weighted by Gasteiger charge is 2.00. The summed E-state index contributed by atoms with van der Waals surface area (Å²) in [7, 11) is 9.55. The fourth-order valence-electron chi connectivity index (χ4n) is 0.714. The molecule has 0 aliphatic carbocycles. The van der Waals surface area contributed by atoms with Crippen LogP contribution in [0.3, 0.4) is 0 Å². The fraction of sp³-hybridized carbons (Fsp3) is 1.00. The Labute approximate surface area is 70.2 Å². The minimum absolute atomic E-state index is 0.255. The highest BCUT2D eigenvalue weighted by molar-refractivity contribution is 6.93. The lowest BCUT2D eigenvalue weighted by molar-refractivity contribution is 0.481. The first-order chi connectivity index (χ1) is 4.35. The van der Waals surface area contributed by atoms with E-state index in [0.717, 1.165) is 6.42 Å². The third-order valence-corrected chi connectivity index (χ3v) is 2.80. The second-order valence-electron chi connectivity index (χ2n) is 1.96. The first-order valence-corrected chi connectivity index (χ1v) is 6.39. The van der Waals surface area contributed by atoms with Crippen LogP contribution in [0, 0.1) is 0 Å². The summed E-state index contributed by atoms with van der Waals surface area (Å²) >= 11 is -0.255. The summed E-state index contributed by atoms with van der Waals surface area (Å²) in [6.07, 6.45) is 1.61. The van der Waals surface area contributed by atoms with Crippen LogP contribution in [0.1, 0.15) is 6.42 Å². The Hall–Kier alpha value is 0.976. The molecule has 0 amide bonds. The second kappa shape index (κ2) is 7.09. The largest absolute Gasteiger partial charge is 0.501 e. The summed E-state index contributed by atoms with van der Waals surface area (Å²) in [5.41, 5.74) is 0. The van der Waals surface area contributed by atoms with E-state index in [4.69, 9.17) is 9.07 Å². The van der Waals surface area contributed by atoms with Gasteiger partial charge in [0.2, 0.25) is 0 Å². The lowest BCUT2D eigenvalue weighted by Gasteiger charge is -2.13. The molecular weight excluding hydrogens is 148 g/mol. The van der Waals surface area contributed by atoms with Gasteiger partial charge >= 0.3 is 19.3 Å². The first kappa shape index (κ1) is 9.98. The van der Waals surface area contributed by atoms with E-state index in [9.17, 15) is 0 Å². The first-order valence-electron chi connectivity index (χ1n) is 3.25. The molecule has 0 spiro atoms. The Balaban J connectivity index is 3.09. The molecule has 9 heavy (non-hydrogen) atoms. The van der Waals surface area contributed by atoms with Crippen molar-refractivity contribution in [2.45, 2.75) is 17.1 Å². The van der Waals surface area contributed by atoms with E-state index in [-0.39, 0.29) is 19.3 Å². The number of rotatable bonds is 5. The third-order valence-electron chi connectivity index (χ3n) is 1.32. The normalized spacial score (nSPS) is 9.78. The molecule has 0 unspecified atom stereocenters. The summed E-state index contributed by atoms with van der Waals surface area (Å²) < 4.78 is 1.20. The molecule has 0 aliphatic heterocycles. The Morgan fingerprint density at radius 1 is 1.44 bits per heavy atom. The SMILES string of the molecule is CNC(C[CH2][Mg][Cl])NC. The summed E-state index contributed by atoms with van der Waals surface area (Å²) in [6, 6.07) is 0. The van der Waals surface area contributed by atoms with Crippen LogP contribution in [0.15, 0.2) is 0 Å². The molecule has 52 valence electrons. The maximum atomic E-state index is 5.64. The minimum Gasteiger partial charge on any atom is -0.346 e. The summed E-state index contributed by atoms with van der Waals surface area (Å²) in [6.45, 7) is 0. The van der Waals surface area contributed by atoms with Gasteiger partial charge in [0.1, 0.15) is 0 Å². The molecule has 0 rings (SSSR count). The molecule has 0 atom stereocenters. The molecule has 0 aliphatic rings. The zero-order chi connectivity index (χ0) is 7.11. The zero-order valence-corrected chi connectivity index (χ0v) is 8.25. The maximum Gasteiger partial charge on any atom is 0.501 e. The summed E-state index contributed by atoms with van der Waals surface area (Å²) in [4.78, 5) is 0. The molecule has 0 saturated carbocycles. The van der Waals surface area contributed by atoms with Gasteiger partial charge in [-0.3, -0.25) is 0 Å². The van der Waals surface area contributed by atoms with Gasteiger partial charge in [-0.1, -0.05) is 0 Å². The molecule has 2 N–H and O–H groups in total. The van der Waals surface area contributed by atoms with Gasteiger partial charge < -0.3 is 19.7 Å². The van der Waals surface area contributed by atoms with Gasteiger partial charge in [0.05, 0.1) is 6.17 Å². The molecule has 0 saturated heterocycles. The molecule has 0 heterocycles. The highest BCUT2D eigenvalue weighted by Crippen LogP contribution is 1.93. The molecule has 0 aromatic rings. The van der Waals surface area contributed by atoms with E-state index in [2.05, 4.69) is 10.6 Å². The van der Waals surface area contributed by atoms with Crippen LogP contribution in [0.2, 0.25) is 4.55 Å². The lowest BCUT2D eigenvalue weighted by atomic mass is 10.4. The standard InChI is InChI=1S/C5H13N2.ClH.Mg/c1-4-5(6-2)7-3;;/h5-7H,1,4H2,2-3H3;1H;/q;;+1/p-1.